The van der Waals surface area contributed by atoms with Crippen LogP contribution in [0.1, 0.15) is 45.6 Å². The fourth-order valence-corrected chi connectivity index (χ4v) is 6.32. The lowest BCUT2D eigenvalue weighted by atomic mass is 9.60. The van der Waals surface area contributed by atoms with Gasteiger partial charge < -0.3 is 20.0 Å². The van der Waals surface area contributed by atoms with E-state index in [4.69, 9.17) is 0 Å². The van der Waals surface area contributed by atoms with E-state index in [2.05, 4.69) is 31.0 Å². The van der Waals surface area contributed by atoms with Crippen molar-refractivity contribution in [2.45, 2.75) is 46.6 Å². The molecular weight excluding hydrogens is 407 g/mol. The Balaban J connectivity index is 1.43. The second-order valence-electron chi connectivity index (χ2n) is 10.3. The van der Waals surface area contributed by atoms with Gasteiger partial charge in [0.05, 0.1) is 5.41 Å². The summed E-state index contributed by atoms with van der Waals surface area (Å²) >= 11 is 0. The van der Waals surface area contributed by atoms with E-state index in [-0.39, 0.29) is 22.7 Å². The number of carbonyl (C=O) groups is 2. The summed E-state index contributed by atoms with van der Waals surface area (Å²) in [4.78, 5) is 32.7. The molecule has 0 unspecified atom stereocenters. The predicted molar refractivity (Wildman–Crippen MR) is 122 cm³/mol. The molecule has 2 spiro atoms. The minimum atomic E-state index is -0.304. The molecule has 3 fully saturated rings. The highest BCUT2D eigenvalue weighted by Gasteiger charge is 2.64. The minimum absolute atomic E-state index is 0.0533. The van der Waals surface area contributed by atoms with Gasteiger partial charge in [0.15, 0.2) is 0 Å². The molecule has 3 heterocycles. The molecule has 3 aliphatic heterocycles. The van der Waals surface area contributed by atoms with E-state index in [1.165, 1.54) is 12.1 Å². The molecule has 1 aromatic carbocycles. The van der Waals surface area contributed by atoms with E-state index in [0.29, 0.717) is 31.5 Å². The molecule has 3 aliphatic rings. The van der Waals surface area contributed by atoms with Gasteiger partial charge in [0.25, 0.3) is 0 Å². The molecule has 1 aromatic rings. The van der Waals surface area contributed by atoms with Gasteiger partial charge in [-0.3, -0.25) is 4.79 Å². The number of rotatable bonds is 5. The molecule has 6 nitrogen and oxygen atoms in total. The van der Waals surface area contributed by atoms with Crippen molar-refractivity contribution in [3.05, 3.63) is 35.6 Å². The summed E-state index contributed by atoms with van der Waals surface area (Å²) in [6, 6.07) is 6.21. The standard InChI is InChI=1S/C25H37FN4O2/c1-4-29-13-10-25(22(29)31)18-28(16-19(2)3)17-24(25)8-11-30(12-9-24)23(32)27-15-20-6-5-7-21(26)14-20/h5-7,14,19H,4,8-13,15-18H2,1-3H3,(H,27,32)/t25-/m0/s1. The summed E-state index contributed by atoms with van der Waals surface area (Å²) in [7, 11) is 0. The largest absolute Gasteiger partial charge is 0.342 e. The summed E-state index contributed by atoms with van der Waals surface area (Å²) in [5.41, 5.74) is 0.395. The molecule has 0 bridgehead atoms. The Hall–Kier alpha value is -2.15. The highest BCUT2D eigenvalue weighted by atomic mass is 19.1. The van der Waals surface area contributed by atoms with Gasteiger partial charge in [-0.25, -0.2) is 9.18 Å². The lowest BCUT2D eigenvalue weighted by molar-refractivity contribution is -0.141. The number of likely N-dealkylation sites (tertiary alicyclic amines) is 3. The van der Waals surface area contributed by atoms with Crippen molar-refractivity contribution in [3.63, 3.8) is 0 Å². The molecule has 1 N–H and O–H groups in total. The van der Waals surface area contributed by atoms with Crippen molar-refractivity contribution >= 4 is 11.9 Å². The number of piperidine rings is 1. The van der Waals surface area contributed by atoms with Crippen LogP contribution in [0.3, 0.4) is 0 Å². The van der Waals surface area contributed by atoms with Crippen molar-refractivity contribution in [2.24, 2.45) is 16.7 Å². The highest BCUT2D eigenvalue weighted by molar-refractivity contribution is 5.87. The molecular formula is C25H37FN4O2. The quantitative estimate of drug-likeness (QED) is 0.758. The third-order valence-electron chi connectivity index (χ3n) is 7.89. The van der Waals surface area contributed by atoms with Crippen LogP contribution in [0.25, 0.3) is 0 Å². The van der Waals surface area contributed by atoms with Gasteiger partial charge in [0.1, 0.15) is 5.82 Å². The summed E-state index contributed by atoms with van der Waals surface area (Å²) < 4.78 is 13.4. The van der Waals surface area contributed by atoms with E-state index in [1.807, 2.05) is 15.9 Å². The Morgan fingerprint density at radius 3 is 2.53 bits per heavy atom. The zero-order valence-electron chi connectivity index (χ0n) is 19.7. The lowest BCUT2D eigenvalue weighted by Crippen LogP contribution is -2.54. The first-order valence-corrected chi connectivity index (χ1v) is 12.1. The van der Waals surface area contributed by atoms with Crippen molar-refractivity contribution in [1.82, 2.24) is 20.0 Å². The molecule has 0 aliphatic carbocycles. The van der Waals surface area contributed by atoms with Gasteiger partial charge in [-0.15, -0.1) is 0 Å². The van der Waals surface area contributed by atoms with Gasteiger partial charge in [0.2, 0.25) is 5.91 Å². The summed E-state index contributed by atoms with van der Waals surface area (Å²) in [5, 5.41) is 2.93. The SMILES string of the molecule is CCN1CC[C@]2(CN(CC(C)C)CC23CCN(C(=O)NCc2cccc(F)c2)CC3)C1=O. The highest BCUT2D eigenvalue weighted by Crippen LogP contribution is 2.57. The third kappa shape index (κ3) is 4.12. The number of carbonyl (C=O) groups excluding carboxylic acids is 2. The molecule has 1 atom stereocenters. The van der Waals surface area contributed by atoms with Crippen LogP contribution in [-0.2, 0) is 11.3 Å². The molecule has 4 rings (SSSR count). The van der Waals surface area contributed by atoms with E-state index >= 15 is 0 Å². The molecule has 3 amide bonds. The van der Waals surface area contributed by atoms with Crippen LogP contribution in [0.15, 0.2) is 24.3 Å². The zero-order chi connectivity index (χ0) is 22.9. The Morgan fingerprint density at radius 1 is 1.16 bits per heavy atom. The molecule has 7 heteroatoms. The Kier molecular flexibility index (Phi) is 6.48. The maximum absolute atomic E-state index is 13.5. The number of urea groups is 1. The first-order chi connectivity index (χ1) is 15.3. The average Bonchev–Trinajstić information content (AvgIpc) is 3.23. The topological polar surface area (TPSA) is 55.9 Å². The molecule has 32 heavy (non-hydrogen) atoms. The number of amides is 3. The van der Waals surface area contributed by atoms with Crippen LogP contribution < -0.4 is 5.32 Å². The van der Waals surface area contributed by atoms with E-state index in [0.717, 1.165) is 57.5 Å². The first-order valence-electron chi connectivity index (χ1n) is 12.1. The first kappa shape index (κ1) is 23.0. The maximum atomic E-state index is 13.5. The van der Waals surface area contributed by atoms with Gasteiger partial charge in [-0.2, -0.15) is 0 Å². The number of fused-ring (bicyclic) bond motifs is 1. The minimum Gasteiger partial charge on any atom is -0.342 e. The third-order valence-corrected chi connectivity index (χ3v) is 7.89. The van der Waals surface area contributed by atoms with Crippen molar-refractivity contribution in [1.29, 1.82) is 0 Å². The lowest BCUT2D eigenvalue weighted by Gasteiger charge is -2.47. The Labute approximate surface area is 191 Å². The molecule has 3 saturated heterocycles. The van der Waals surface area contributed by atoms with E-state index in [9.17, 15) is 14.0 Å². The molecule has 0 saturated carbocycles. The van der Waals surface area contributed by atoms with Gasteiger partial charge >= 0.3 is 6.03 Å². The summed E-state index contributed by atoms with van der Waals surface area (Å²) in [6.45, 7) is 12.6. The smallest absolute Gasteiger partial charge is 0.317 e. The number of hydrogen-bond donors (Lipinski definition) is 1. The van der Waals surface area contributed by atoms with Gasteiger partial charge in [0, 0.05) is 57.8 Å². The van der Waals surface area contributed by atoms with Gasteiger partial charge in [-0.05, 0) is 49.8 Å². The van der Waals surface area contributed by atoms with Crippen LogP contribution in [0, 0.1) is 22.6 Å². The van der Waals surface area contributed by atoms with E-state index < -0.39 is 0 Å². The van der Waals surface area contributed by atoms with Crippen molar-refractivity contribution in [3.8, 4) is 0 Å². The van der Waals surface area contributed by atoms with Crippen LogP contribution >= 0.6 is 0 Å². The number of benzene rings is 1. The predicted octanol–water partition coefficient (Wildman–Crippen LogP) is 3.33. The van der Waals surface area contributed by atoms with Crippen LogP contribution in [0.5, 0.6) is 0 Å². The average molecular weight is 445 g/mol. The summed E-state index contributed by atoms with van der Waals surface area (Å²) in [6.07, 6.45) is 2.65. The molecule has 0 aromatic heterocycles. The normalized spacial score (nSPS) is 25.5. The number of nitrogens with one attached hydrogen (secondary N) is 1. The second kappa shape index (κ2) is 9.00. The van der Waals surface area contributed by atoms with Crippen LogP contribution in [-0.4, -0.2) is 72.5 Å². The second-order valence-corrected chi connectivity index (χ2v) is 10.3. The van der Waals surface area contributed by atoms with E-state index in [1.54, 1.807) is 6.07 Å². The number of hydrogen-bond acceptors (Lipinski definition) is 3. The van der Waals surface area contributed by atoms with Crippen LogP contribution in [0.2, 0.25) is 0 Å². The monoisotopic (exact) mass is 444 g/mol. The van der Waals surface area contributed by atoms with Crippen LogP contribution in [0.4, 0.5) is 9.18 Å². The van der Waals surface area contributed by atoms with Crippen molar-refractivity contribution in [2.75, 3.05) is 45.8 Å². The Bertz CT molecular complexity index is 852. The Morgan fingerprint density at radius 2 is 1.91 bits per heavy atom. The zero-order valence-corrected chi connectivity index (χ0v) is 19.7. The summed E-state index contributed by atoms with van der Waals surface area (Å²) in [5.74, 6) is 0.599. The fraction of sp³-hybridized carbons (Fsp3) is 0.680. The molecule has 176 valence electrons. The fourth-order valence-electron chi connectivity index (χ4n) is 6.32. The molecule has 0 radical (unpaired) electrons. The van der Waals surface area contributed by atoms with Gasteiger partial charge in [-0.1, -0.05) is 26.0 Å². The number of nitrogens with zero attached hydrogens (tertiary/aromatic N) is 3. The van der Waals surface area contributed by atoms with Crippen molar-refractivity contribution < 1.29 is 14.0 Å². The number of halogens is 1. The maximum Gasteiger partial charge on any atom is 0.317 e.